The van der Waals surface area contributed by atoms with Crippen molar-refractivity contribution in [3.8, 4) is 10.6 Å². The molecule has 5 nitrogen and oxygen atoms in total. The maximum atomic E-state index is 12.9. The van der Waals surface area contributed by atoms with Gasteiger partial charge in [-0.2, -0.15) is 5.10 Å². The van der Waals surface area contributed by atoms with E-state index in [1.165, 1.54) is 30.6 Å². The van der Waals surface area contributed by atoms with Gasteiger partial charge in [0.05, 0.1) is 6.20 Å². The number of hydrogen-bond acceptors (Lipinski definition) is 4. The first kappa shape index (κ1) is 16.2. The van der Waals surface area contributed by atoms with Crippen molar-refractivity contribution in [3.05, 3.63) is 23.5 Å². The van der Waals surface area contributed by atoms with Gasteiger partial charge in [0.15, 0.2) is 0 Å². The Kier molecular flexibility index (Phi) is 4.80. The van der Waals surface area contributed by atoms with E-state index in [9.17, 15) is 4.79 Å². The molecule has 0 spiro atoms. The standard InChI is InChI=1S/C17H24N4OS/c1-4-21(15-8-6-5-7-12(15)2)17(22)14-11-23-16(19-14)13-9-18-20(3)10-13/h9-12,15H,4-8H2,1-3H3/t12-,15-/m1/s1. The molecule has 2 aromatic heterocycles. The smallest absolute Gasteiger partial charge is 0.273 e. The monoisotopic (exact) mass is 332 g/mol. The zero-order chi connectivity index (χ0) is 16.4. The number of nitrogens with zero attached hydrogens (tertiary/aromatic N) is 4. The molecular weight excluding hydrogens is 308 g/mol. The normalized spacial score (nSPS) is 21.3. The third kappa shape index (κ3) is 3.32. The molecule has 0 aromatic carbocycles. The summed E-state index contributed by atoms with van der Waals surface area (Å²) in [5.41, 5.74) is 1.53. The number of rotatable bonds is 4. The molecule has 2 atom stereocenters. The van der Waals surface area contributed by atoms with Crippen LogP contribution in [0, 0.1) is 5.92 Å². The van der Waals surface area contributed by atoms with Gasteiger partial charge in [-0.05, 0) is 25.7 Å². The van der Waals surface area contributed by atoms with Crippen LogP contribution in [0.4, 0.5) is 0 Å². The first-order chi connectivity index (χ1) is 11.1. The van der Waals surface area contributed by atoms with Gasteiger partial charge in [-0.1, -0.05) is 19.8 Å². The third-order valence-corrected chi connectivity index (χ3v) is 5.63. The van der Waals surface area contributed by atoms with Crippen LogP contribution in [0.3, 0.4) is 0 Å². The fraction of sp³-hybridized carbons (Fsp3) is 0.588. The second-order valence-electron chi connectivity index (χ2n) is 6.36. The number of hydrogen-bond donors (Lipinski definition) is 0. The van der Waals surface area contributed by atoms with Crippen molar-refractivity contribution in [1.29, 1.82) is 0 Å². The molecule has 0 bridgehead atoms. The van der Waals surface area contributed by atoms with Gasteiger partial charge >= 0.3 is 0 Å². The Balaban J connectivity index is 1.80. The van der Waals surface area contributed by atoms with Crippen LogP contribution in [-0.2, 0) is 7.05 Å². The lowest BCUT2D eigenvalue weighted by molar-refractivity contribution is 0.0565. The molecule has 23 heavy (non-hydrogen) atoms. The number of amides is 1. The van der Waals surface area contributed by atoms with E-state index in [-0.39, 0.29) is 5.91 Å². The van der Waals surface area contributed by atoms with Crippen molar-refractivity contribution in [1.82, 2.24) is 19.7 Å². The lowest BCUT2D eigenvalue weighted by Crippen LogP contribution is -2.45. The molecule has 1 aliphatic carbocycles. The van der Waals surface area contributed by atoms with Crippen molar-refractivity contribution in [2.45, 2.75) is 45.6 Å². The summed E-state index contributed by atoms with van der Waals surface area (Å²) in [4.78, 5) is 19.5. The Labute approximate surface area is 141 Å². The minimum atomic E-state index is 0.0673. The molecular formula is C17H24N4OS. The fourth-order valence-corrected chi connectivity index (χ4v) is 4.24. The third-order valence-electron chi connectivity index (χ3n) is 4.74. The van der Waals surface area contributed by atoms with Crippen LogP contribution in [0.25, 0.3) is 10.6 Å². The van der Waals surface area contributed by atoms with E-state index < -0.39 is 0 Å². The number of aryl methyl sites for hydroxylation is 1. The van der Waals surface area contributed by atoms with Gasteiger partial charge in [-0.15, -0.1) is 11.3 Å². The molecule has 0 aliphatic heterocycles. The summed E-state index contributed by atoms with van der Waals surface area (Å²) in [6, 6.07) is 0.352. The number of aromatic nitrogens is 3. The molecule has 0 N–H and O–H groups in total. The number of thiazole rings is 1. The van der Waals surface area contributed by atoms with Crippen molar-refractivity contribution in [2.24, 2.45) is 13.0 Å². The summed E-state index contributed by atoms with van der Waals surface area (Å²) in [5.74, 6) is 0.640. The largest absolute Gasteiger partial charge is 0.334 e. The van der Waals surface area contributed by atoms with Crippen molar-refractivity contribution >= 4 is 17.2 Å². The molecule has 1 fully saturated rings. The van der Waals surface area contributed by atoms with Crippen molar-refractivity contribution < 1.29 is 4.79 Å². The van der Waals surface area contributed by atoms with Crippen LogP contribution in [-0.4, -0.2) is 38.2 Å². The molecule has 6 heteroatoms. The highest BCUT2D eigenvalue weighted by molar-refractivity contribution is 7.13. The maximum Gasteiger partial charge on any atom is 0.273 e. The van der Waals surface area contributed by atoms with Crippen LogP contribution >= 0.6 is 11.3 Å². The predicted octanol–water partition coefficient (Wildman–Crippen LogP) is 3.58. The van der Waals surface area contributed by atoms with E-state index >= 15 is 0 Å². The molecule has 1 saturated carbocycles. The van der Waals surface area contributed by atoms with Gasteiger partial charge in [0.2, 0.25) is 0 Å². The number of carbonyl (C=O) groups is 1. The molecule has 124 valence electrons. The lowest BCUT2D eigenvalue weighted by Gasteiger charge is -2.37. The van der Waals surface area contributed by atoms with Gasteiger partial charge in [0.25, 0.3) is 5.91 Å². The van der Waals surface area contributed by atoms with Gasteiger partial charge in [-0.25, -0.2) is 4.98 Å². The van der Waals surface area contributed by atoms with Crippen molar-refractivity contribution in [3.63, 3.8) is 0 Å². The molecule has 3 rings (SSSR count). The fourth-order valence-electron chi connectivity index (χ4n) is 3.47. The summed E-state index contributed by atoms with van der Waals surface area (Å²) in [7, 11) is 1.88. The average Bonchev–Trinajstić information content (AvgIpc) is 3.18. The molecule has 2 aromatic rings. The first-order valence-electron chi connectivity index (χ1n) is 8.35. The second-order valence-corrected chi connectivity index (χ2v) is 7.22. The Morgan fingerprint density at radius 3 is 2.87 bits per heavy atom. The van der Waals surface area contributed by atoms with Crippen LogP contribution in [0.2, 0.25) is 0 Å². The summed E-state index contributed by atoms with van der Waals surface area (Å²) >= 11 is 1.51. The minimum Gasteiger partial charge on any atom is -0.334 e. The van der Waals surface area contributed by atoms with Crippen LogP contribution in [0.15, 0.2) is 17.8 Å². The highest BCUT2D eigenvalue weighted by Gasteiger charge is 2.31. The van der Waals surface area contributed by atoms with Gasteiger partial charge in [-0.3, -0.25) is 9.48 Å². The van der Waals surface area contributed by atoms with E-state index in [2.05, 4.69) is 23.9 Å². The van der Waals surface area contributed by atoms with Gasteiger partial charge < -0.3 is 4.90 Å². The first-order valence-corrected chi connectivity index (χ1v) is 9.23. The second kappa shape index (κ2) is 6.83. The minimum absolute atomic E-state index is 0.0673. The molecule has 0 unspecified atom stereocenters. The highest BCUT2D eigenvalue weighted by Crippen LogP contribution is 2.30. The molecule has 1 amide bonds. The summed E-state index contributed by atoms with van der Waals surface area (Å²) in [6.45, 7) is 5.07. The lowest BCUT2D eigenvalue weighted by atomic mass is 9.84. The van der Waals surface area contributed by atoms with E-state index in [1.807, 2.05) is 23.5 Å². The Morgan fingerprint density at radius 1 is 1.43 bits per heavy atom. The SMILES string of the molecule is CCN(C(=O)c1csc(-c2cnn(C)c2)n1)[C@@H]1CCCC[C@H]1C. The van der Waals surface area contributed by atoms with E-state index in [1.54, 1.807) is 10.9 Å². The summed E-state index contributed by atoms with van der Waals surface area (Å²) in [6.07, 6.45) is 8.54. The van der Waals surface area contributed by atoms with Gasteiger partial charge in [0, 0.05) is 36.8 Å². The zero-order valence-electron chi connectivity index (χ0n) is 14.0. The topological polar surface area (TPSA) is 51.0 Å². The Bertz CT molecular complexity index is 678. The molecule has 0 saturated heterocycles. The van der Waals surface area contributed by atoms with Gasteiger partial charge in [0.1, 0.15) is 10.7 Å². The van der Waals surface area contributed by atoms with E-state index in [0.29, 0.717) is 17.7 Å². The van der Waals surface area contributed by atoms with Crippen molar-refractivity contribution in [2.75, 3.05) is 6.54 Å². The molecule has 2 heterocycles. The summed E-state index contributed by atoms with van der Waals surface area (Å²) < 4.78 is 1.75. The molecule has 0 radical (unpaired) electrons. The predicted molar refractivity (Wildman–Crippen MR) is 92.4 cm³/mol. The zero-order valence-corrected chi connectivity index (χ0v) is 14.8. The van der Waals surface area contributed by atoms with Crippen LogP contribution in [0.5, 0.6) is 0 Å². The quantitative estimate of drug-likeness (QED) is 0.860. The van der Waals surface area contributed by atoms with Crippen LogP contribution in [0.1, 0.15) is 50.0 Å². The Hall–Kier alpha value is -1.69. The number of carbonyl (C=O) groups excluding carboxylic acids is 1. The molecule has 1 aliphatic rings. The van der Waals surface area contributed by atoms with E-state index in [4.69, 9.17) is 0 Å². The highest BCUT2D eigenvalue weighted by atomic mass is 32.1. The van der Waals surface area contributed by atoms with Crippen LogP contribution < -0.4 is 0 Å². The average molecular weight is 332 g/mol. The van der Waals surface area contributed by atoms with E-state index in [0.717, 1.165) is 23.5 Å². The maximum absolute atomic E-state index is 12.9. The Morgan fingerprint density at radius 2 is 2.22 bits per heavy atom. The summed E-state index contributed by atoms with van der Waals surface area (Å²) in [5, 5.41) is 6.90.